The first kappa shape index (κ1) is 18.1. The Morgan fingerprint density at radius 2 is 1.56 bits per heavy atom. The lowest BCUT2D eigenvalue weighted by molar-refractivity contribution is -0.136. The summed E-state index contributed by atoms with van der Waals surface area (Å²) in [4.78, 5) is 24.1. The molecular formula is C22H19N3O2. The maximum Gasteiger partial charge on any atom is 0.329 e. The Balaban J connectivity index is 1.61. The van der Waals surface area contributed by atoms with Gasteiger partial charge in [-0.1, -0.05) is 72.8 Å². The second kappa shape index (κ2) is 8.58. The molecule has 0 radical (unpaired) electrons. The molecule has 5 heteroatoms. The molecule has 0 aliphatic heterocycles. The number of benzene rings is 3. The first-order chi connectivity index (χ1) is 13.1. The van der Waals surface area contributed by atoms with Crippen LogP contribution in [-0.2, 0) is 9.59 Å². The second-order valence-corrected chi connectivity index (χ2v) is 5.98. The summed E-state index contributed by atoms with van der Waals surface area (Å²) in [7, 11) is 0. The van der Waals surface area contributed by atoms with Crippen LogP contribution in [-0.4, -0.2) is 18.0 Å². The third-order valence-electron chi connectivity index (χ3n) is 3.87. The number of hydrogen-bond donors (Lipinski definition) is 2. The lowest BCUT2D eigenvalue weighted by Gasteiger charge is -2.07. The van der Waals surface area contributed by atoms with Gasteiger partial charge in [-0.15, -0.1) is 0 Å². The van der Waals surface area contributed by atoms with Crippen LogP contribution < -0.4 is 10.7 Å². The molecule has 0 saturated carbocycles. The molecule has 0 aliphatic rings. The van der Waals surface area contributed by atoms with Crippen LogP contribution in [0.1, 0.15) is 12.5 Å². The minimum Gasteiger partial charge on any atom is -0.317 e. The minimum atomic E-state index is -0.827. The molecule has 2 N–H and O–H groups in total. The lowest BCUT2D eigenvalue weighted by Crippen LogP contribution is -2.32. The number of hydrogen-bond acceptors (Lipinski definition) is 3. The van der Waals surface area contributed by atoms with Gasteiger partial charge in [0, 0.05) is 11.1 Å². The van der Waals surface area contributed by atoms with Gasteiger partial charge in [0.1, 0.15) is 0 Å². The summed E-state index contributed by atoms with van der Waals surface area (Å²) < 4.78 is 0. The number of allylic oxidation sites excluding steroid dienone is 1. The molecule has 0 fully saturated rings. The maximum atomic E-state index is 12.1. The molecule has 3 aromatic rings. The number of carbonyl (C=O) groups is 2. The summed E-state index contributed by atoms with van der Waals surface area (Å²) in [5.41, 5.74) is 4.70. The molecule has 0 spiro atoms. The lowest BCUT2D eigenvalue weighted by atomic mass is 10.1. The van der Waals surface area contributed by atoms with Crippen LogP contribution in [0, 0.1) is 0 Å². The van der Waals surface area contributed by atoms with Crippen molar-refractivity contribution in [3.05, 3.63) is 83.9 Å². The van der Waals surface area contributed by atoms with Gasteiger partial charge in [0.2, 0.25) is 0 Å². The molecule has 3 aromatic carbocycles. The van der Waals surface area contributed by atoms with Crippen molar-refractivity contribution in [2.24, 2.45) is 5.10 Å². The number of nitrogens with one attached hydrogen (secondary N) is 2. The summed E-state index contributed by atoms with van der Waals surface area (Å²) in [6, 6.07) is 22.9. The van der Waals surface area contributed by atoms with Crippen molar-refractivity contribution < 1.29 is 9.59 Å². The zero-order chi connectivity index (χ0) is 19.1. The molecule has 0 atom stereocenters. The van der Waals surface area contributed by atoms with E-state index in [2.05, 4.69) is 15.8 Å². The van der Waals surface area contributed by atoms with Crippen LogP contribution >= 0.6 is 0 Å². The zero-order valence-electron chi connectivity index (χ0n) is 14.8. The SMILES string of the molecule is CC(=C/c1ccccc1)/C=N/NC(=O)C(=O)Nc1cccc2ccccc12. The molecule has 2 amide bonds. The van der Waals surface area contributed by atoms with Gasteiger partial charge >= 0.3 is 11.8 Å². The summed E-state index contributed by atoms with van der Waals surface area (Å²) in [6.07, 6.45) is 3.42. The normalized spacial score (nSPS) is 11.5. The Hall–Kier alpha value is -3.73. The molecule has 0 aromatic heterocycles. The molecule has 0 unspecified atom stereocenters. The molecule has 27 heavy (non-hydrogen) atoms. The van der Waals surface area contributed by atoms with Gasteiger partial charge in [-0.05, 0) is 29.5 Å². The second-order valence-electron chi connectivity index (χ2n) is 5.98. The van der Waals surface area contributed by atoms with Crippen molar-refractivity contribution in [3.8, 4) is 0 Å². The summed E-state index contributed by atoms with van der Waals surface area (Å²) in [5, 5.41) is 8.31. The van der Waals surface area contributed by atoms with Gasteiger partial charge in [0.05, 0.1) is 6.21 Å². The highest BCUT2D eigenvalue weighted by molar-refractivity contribution is 6.40. The Morgan fingerprint density at radius 1 is 0.852 bits per heavy atom. The Morgan fingerprint density at radius 3 is 2.37 bits per heavy atom. The van der Waals surface area contributed by atoms with Gasteiger partial charge in [-0.2, -0.15) is 5.10 Å². The van der Waals surface area contributed by atoms with E-state index >= 15 is 0 Å². The predicted molar refractivity (Wildman–Crippen MR) is 109 cm³/mol. The maximum absolute atomic E-state index is 12.1. The molecule has 0 bridgehead atoms. The molecule has 134 valence electrons. The fourth-order valence-electron chi connectivity index (χ4n) is 2.61. The Kier molecular flexibility index (Phi) is 5.74. The van der Waals surface area contributed by atoms with Crippen molar-refractivity contribution in [3.63, 3.8) is 0 Å². The van der Waals surface area contributed by atoms with E-state index in [1.54, 1.807) is 6.07 Å². The molecule has 0 aliphatic carbocycles. The average Bonchev–Trinajstić information content (AvgIpc) is 2.69. The highest BCUT2D eigenvalue weighted by Crippen LogP contribution is 2.22. The van der Waals surface area contributed by atoms with Crippen molar-refractivity contribution >= 4 is 40.6 Å². The molecule has 5 nitrogen and oxygen atoms in total. The van der Waals surface area contributed by atoms with E-state index in [9.17, 15) is 9.59 Å². The van der Waals surface area contributed by atoms with E-state index < -0.39 is 11.8 Å². The van der Waals surface area contributed by atoms with Gasteiger partial charge in [-0.25, -0.2) is 5.43 Å². The van der Waals surface area contributed by atoms with E-state index in [1.807, 2.05) is 79.7 Å². The summed E-state index contributed by atoms with van der Waals surface area (Å²) in [6.45, 7) is 1.86. The van der Waals surface area contributed by atoms with E-state index in [-0.39, 0.29) is 0 Å². The van der Waals surface area contributed by atoms with Gasteiger partial charge in [-0.3, -0.25) is 9.59 Å². The van der Waals surface area contributed by atoms with Crippen molar-refractivity contribution in [2.75, 3.05) is 5.32 Å². The first-order valence-corrected chi connectivity index (χ1v) is 8.49. The van der Waals surface area contributed by atoms with Crippen LogP contribution in [0.3, 0.4) is 0 Å². The number of anilines is 1. The summed E-state index contributed by atoms with van der Waals surface area (Å²) >= 11 is 0. The first-order valence-electron chi connectivity index (χ1n) is 8.49. The van der Waals surface area contributed by atoms with E-state index in [0.717, 1.165) is 21.9 Å². The van der Waals surface area contributed by atoms with Crippen LogP contribution in [0.25, 0.3) is 16.8 Å². The minimum absolute atomic E-state index is 0.581. The molecule has 0 heterocycles. The average molecular weight is 357 g/mol. The standard InChI is InChI=1S/C22H19N3O2/c1-16(14-17-8-3-2-4-9-17)15-23-25-22(27)21(26)24-20-13-7-11-18-10-5-6-12-19(18)20/h2-15H,1H3,(H,24,26)(H,25,27)/b16-14-,23-15+. The van der Waals surface area contributed by atoms with Crippen LogP contribution in [0.15, 0.2) is 83.5 Å². The highest BCUT2D eigenvalue weighted by atomic mass is 16.2. The predicted octanol–water partition coefficient (Wildman–Crippen LogP) is 3.98. The summed E-state index contributed by atoms with van der Waals surface area (Å²) in [5.74, 6) is -1.60. The topological polar surface area (TPSA) is 70.6 Å². The number of carbonyl (C=O) groups excluding carboxylic acids is 2. The van der Waals surface area contributed by atoms with E-state index in [1.165, 1.54) is 6.21 Å². The number of amides is 2. The molecule has 3 rings (SSSR count). The number of hydrazone groups is 1. The largest absolute Gasteiger partial charge is 0.329 e. The number of rotatable bonds is 4. The van der Waals surface area contributed by atoms with Gasteiger partial charge in [0.15, 0.2) is 0 Å². The van der Waals surface area contributed by atoms with Gasteiger partial charge < -0.3 is 5.32 Å². The third kappa shape index (κ3) is 4.89. The monoisotopic (exact) mass is 357 g/mol. The smallest absolute Gasteiger partial charge is 0.317 e. The van der Waals surface area contributed by atoms with Crippen molar-refractivity contribution in [1.29, 1.82) is 0 Å². The van der Waals surface area contributed by atoms with Crippen LogP contribution in [0.5, 0.6) is 0 Å². The zero-order valence-corrected chi connectivity index (χ0v) is 14.8. The van der Waals surface area contributed by atoms with E-state index in [4.69, 9.17) is 0 Å². The third-order valence-corrected chi connectivity index (χ3v) is 3.87. The van der Waals surface area contributed by atoms with Crippen molar-refractivity contribution in [2.45, 2.75) is 6.92 Å². The quantitative estimate of drug-likeness (QED) is 0.421. The molecular weight excluding hydrogens is 338 g/mol. The Bertz CT molecular complexity index is 1020. The van der Waals surface area contributed by atoms with Crippen molar-refractivity contribution in [1.82, 2.24) is 5.43 Å². The van der Waals surface area contributed by atoms with Gasteiger partial charge in [0.25, 0.3) is 0 Å². The van der Waals surface area contributed by atoms with E-state index in [0.29, 0.717) is 5.69 Å². The number of nitrogens with zero attached hydrogens (tertiary/aromatic N) is 1. The molecule has 0 saturated heterocycles. The van der Waals surface area contributed by atoms with Crippen LogP contribution in [0.2, 0.25) is 0 Å². The fraction of sp³-hybridized carbons (Fsp3) is 0.0455. The number of fused-ring (bicyclic) bond motifs is 1. The highest BCUT2D eigenvalue weighted by Gasteiger charge is 2.14. The van der Waals surface area contributed by atoms with Crippen LogP contribution in [0.4, 0.5) is 5.69 Å². The Labute approximate surface area is 157 Å². The fourth-order valence-corrected chi connectivity index (χ4v) is 2.61.